The topological polar surface area (TPSA) is 85.7 Å². The molecule has 1 aliphatic carbocycles. The Labute approximate surface area is 165 Å². The molecule has 0 aromatic carbocycles. The van der Waals surface area contributed by atoms with Crippen LogP contribution in [0.2, 0.25) is 0 Å². The molecule has 1 aliphatic heterocycles. The lowest BCUT2D eigenvalue weighted by molar-refractivity contribution is -0.142. The zero-order valence-electron chi connectivity index (χ0n) is 16.1. The highest BCUT2D eigenvalue weighted by molar-refractivity contribution is 5.89. The van der Waals surface area contributed by atoms with Crippen molar-refractivity contribution in [3.63, 3.8) is 0 Å². The van der Waals surface area contributed by atoms with E-state index < -0.39 is 12.1 Å². The van der Waals surface area contributed by atoms with Crippen LogP contribution in [-0.2, 0) is 14.3 Å². The normalized spacial score (nSPS) is 32.2. The molecule has 6 heteroatoms. The first-order valence-electron chi connectivity index (χ1n) is 9.87. The van der Waals surface area contributed by atoms with Gasteiger partial charge in [0.25, 0.3) is 0 Å². The average molecular weight is 385 g/mol. The van der Waals surface area contributed by atoms with E-state index in [-0.39, 0.29) is 30.0 Å². The quantitative estimate of drug-likeness (QED) is 0.621. The number of fused-ring (bicyclic) bond motifs is 1. The maximum atomic E-state index is 12.3. The number of pyridine rings is 1. The zero-order chi connectivity index (χ0) is 19.9. The van der Waals surface area contributed by atoms with Crippen LogP contribution in [0.4, 0.5) is 0 Å². The number of hydrogen-bond donors (Lipinski definition) is 1. The van der Waals surface area contributed by atoms with E-state index in [2.05, 4.69) is 17.1 Å². The lowest BCUT2D eigenvalue weighted by atomic mass is 9.90. The van der Waals surface area contributed by atoms with Crippen molar-refractivity contribution >= 4 is 11.9 Å². The summed E-state index contributed by atoms with van der Waals surface area (Å²) in [6, 6.07) is 3.24. The summed E-state index contributed by atoms with van der Waals surface area (Å²) >= 11 is 0. The number of allylic oxidation sites excluding steroid dienone is 2. The van der Waals surface area contributed by atoms with Gasteiger partial charge >= 0.3 is 11.9 Å². The van der Waals surface area contributed by atoms with E-state index in [1.807, 2.05) is 6.92 Å². The van der Waals surface area contributed by atoms with Gasteiger partial charge in [-0.2, -0.15) is 0 Å². The van der Waals surface area contributed by atoms with Crippen LogP contribution < -0.4 is 0 Å². The van der Waals surface area contributed by atoms with Gasteiger partial charge in [-0.05, 0) is 69.1 Å². The standard InChI is InChI=1S/C22H27NO5/c1-15-5-3-2-4-6-17-13-18(28-22(26)16-9-11-23-12-10-16)14-19(17)20(24)7-8-21(25)27-15/h4,6-12,15,17-20,24H,2-3,5,13-14H2,1H3/b6-4+,8-7?/t15-,17+,18-,19+,20+/m0/s1. The van der Waals surface area contributed by atoms with Crippen LogP contribution in [0.3, 0.4) is 0 Å². The highest BCUT2D eigenvalue weighted by Crippen LogP contribution is 2.38. The molecule has 6 nitrogen and oxygen atoms in total. The van der Waals surface area contributed by atoms with Crippen molar-refractivity contribution in [3.05, 3.63) is 54.4 Å². The maximum Gasteiger partial charge on any atom is 0.338 e. The van der Waals surface area contributed by atoms with Gasteiger partial charge in [-0.15, -0.1) is 0 Å². The molecule has 1 fully saturated rings. The van der Waals surface area contributed by atoms with Crippen molar-refractivity contribution in [2.45, 2.75) is 57.3 Å². The molecule has 0 bridgehead atoms. The molecule has 1 aromatic heterocycles. The van der Waals surface area contributed by atoms with Crippen LogP contribution in [0.25, 0.3) is 0 Å². The molecule has 0 amide bonds. The summed E-state index contributed by atoms with van der Waals surface area (Å²) in [7, 11) is 0. The second-order valence-electron chi connectivity index (χ2n) is 7.52. The van der Waals surface area contributed by atoms with Gasteiger partial charge in [0, 0.05) is 18.5 Å². The molecule has 5 atom stereocenters. The van der Waals surface area contributed by atoms with Crippen LogP contribution in [0.15, 0.2) is 48.8 Å². The molecule has 2 aliphatic rings. The molecule has 3 rings (SSSR count). The third kappa shape index (κ3) is 5.52. The van der Waals surface area contributed by atoms with E-state index in [4.69, 9.17) is 9.47 Å². The molecule has 0 saturated heterocycles. The number of hydrogen-bond acceptors (Lipinski definition) is 6. The van der Waals surface area contributed by atoms with E-state index in [0.717, 1.165) is 19.3 Å². The summed E-state index contributed by atoms with van der Waals surface area (Å²) < 4.78 is 11.0. The third-order valence-electron chi connectivity index (χ3n) is 5.36. The fourth-order valence-electron chi connectivity index (χ4n) is 3.88. The van der Waals surface area contributed by atoms with Crippen molar-refractivity contribution in [3.8, 4) is 0 Å². The van der Waals surface area contributed by atoms with Gasteiger partial charge in [0.15, 0.2) is 0 Å². The Hall–Kier alpha value is -2.47. The lowest BCUT2D eigenvalue weighted by Crippen LogP contribution is -2.22. The van der Waals surface area contributed by atoms with E-state index in [9.17, 15) is 14.7 Å². The Morgan fingerprint density at radius 1 is 1.25 bits per heavy atom. The number of rotatable bonds is 2. The van der Waals surface area contributed by atoms with Crippen LogP contribution in [0, 0.1) is 11.8 Å². The van der Waals surface area contributed by atoms with Gasteiger partial charge in [0.1, 0.15) is 6.10 Å². The Morgan fingerprint density at radius 2 is 2.04 bits per heavy atom. The molecule has 28 heavy (non-hydrogen) atoms. The van der Waals surface area contributed by atoms with Crippen molar-refractivity contribution in [1.82, 2.24) is 4.98 Å². The summed E-state index contributed by atoms with van der Waals surface area (Å²) in [5.74, 6) is -0.848. The first-order valence-corrected chi connectivity index (χ1v) is 9.87. The number of carbonyl (C=O) groups is 2. The second kappa shape index (κ2) is 9.64. The number of carbonyl (C=O) groups excluding carboxylic acids is 2. The molecule has 1 saturated carbocycles. The van der Waals surface area contributed by atoms with Gasteiger partial charge in [0.05, 0.1) is 17.8 Å². The number of cyclic esters (lactones) is 1. The molecule has 1 N–H and O–H groups in total. The van der Waals surface area contributed by atoms with E-state index in [1.165, 1.54) is 12.2 Å². The number of aliphatic hydroxyl groups excluding tert-OH is 1. The Kier molecular flexibility index (Phi) is 6.98. The highest BCUT2D eigenvalue weighted by atomic mass is 16.5. The predicted octanol–water partition coefficient (Wildman–Crippen LogP) is 3.22. The number of aromatic nitrogens is 1. The van der Waals surface area contributed by atoms with Crippen molar-refractivity contribution in [1.29, 1.82) is 0 Å². The average Bonchev–Trinajstić information content (AvgIpc) is 3.08. The molecule has 1 aromatic rings. The molecular weight excluding hydrogens is 358 g/mol. The fourth-order valence-corrected chi connectivity index (χ4v) is 3.88. The SMILES string of the molecule is C[C@H]1CCC/C=C/[C@@H]2C[C@H](OC(=O)c3ccncc3)C[C@H]2[C@H](O)C=CC(=O)O1. The largest absolute Gasteiger partial charge is 0.460 e. The van der Waals surface area contributed by atoms with Gasteiger partial charge in [-0.3, -0.25) is 4.98 Å². The highest BCUT2D eigenvalue weighted by Gasteiger charge is 2.38. The minimum Gasteiger partial charge on any atom is -0.460 e. The zero-order valence-corrected chi connectivity index (χ0v) is 16.1. The number of aliphatic hydroxyl groups is 1. The summed E-state index contributed by atoms with van der Waals surface area (Å²) in [4.78, 5) is 28.1. The smallest absolute Gasteiger partial charge is 0.338 e. The molecule has 0 spiro atoms. The Balaban J connectivity index is 1.69. The fraction of sp³-hybridized carbons (Fsp3) is 0.500. The van der Waals surface area contributed by atoms with Crippen molar-refractivity contribution in [2.24, 2.45) is 11.8 Å². The summed E-state index contributed by atoms with van der Waals surface area (Å²) in [5, 5.41) is 10.6. The number of ether oxygens (including phenoxy) is 2. The molecule has 2 heterocycles. The minimum atomic E-state index is -0.803. The van der Waals surface area contributed by atoms with Crippen LogP contribution in [0.5, 0.6) is 0 Å². The minimum absolute atomic E-state index is 0.0871. The number of esters is 2. The van der Waals surface area contributed by atoms with Gasteiger partial charge in [0.2, 0.25) is 0 Å². The van der Waals surface area contributed by atoms with E-state index in [0.29, 0.717) is 18.4 Å². The summed E-state index contributed by atoms with van der Waals surface area (Å²) in [5.41, 5.74) is 0.463. The first-order chi connectivity index (χ1) is 13.5. The summed E-state index contributed by atoms with van der Waals surface area (Å²) in [6.07, 6.45) is 12.7. The molecule has 0 unspecified atom stereocenters. The number of nitrogens with zero attached hydrogens (tertiary/aromatic N) is 1. The predicted molar refractivity (Wildman–Crippen MR) is 103 cm³/mol. The Bertz CT molecular complexity index is 730. The van der Waals surface area contributed by atoms with Crippen LogP contribution >= 0.6 is 0 Å². The van der Waals surface area contributed by atoms with Crippen LogP contribution in [-0.4, -0.2) is 40.3 Å². The molecular formula is C22H27NO5. The lowest BCUT2D eigenvalue weighted by Gasteiger charge is -2.19. The van der Waals surface area contributed by atoms with E-state index in [1.54, 1.807) is 24.5 Å². The maximum absolute atomic E-state index is 12.3. The summed E-state index contributed by atoms with van der Waals surface area (Å²) in [6.45, 7) is 1.88. The van der Waals surface area contributed by atoms with Gasteiger partial charge in [-0.1, -0.05) is 12.2 Å². The van der Waals surface area contributed by atoms with Gasteiger partial charge in [-0.25, -0.2) is 9.59 Å². The Morgan fingerprint density at radius 3 is 2.82 bits per heavy atom. The second-order valence-corrected chi connectivity index (χ2v) is 7.52. The van der Waals surface area contributed by atoms with E-state index >= 15 is 0 Å². The third-order valence-corrected chi connectivity index (χ3v) is 5.36. The van der Waals surface area contributed by atoms with Crippen LogP contribution in [0.1, 0.15) is 49.4 Å². The molecule has 150 valence electrons. The monoisotopic (exact) mass is 385 g/mol. The first kappa shape index (κ1) is 20.3. The van der Waals surface area contributed by atoms with Gasteiger partial charge < -0.3 is 14.6 Å². The van der Waals surface area contributed by atoms with Crippen molar-refractivity contribution < 1.29 is 24.2 Å². The molecule has 0 radical (unpaired) electrons. The van der Waals surface area contributed by atoms with Crippen molar-refractivity contribution in [2.75, 3.05) is 0 Å².